The fourth-order valence-electron chi connectivity index (χ4n) is 8.37. The Morgan fingerprint density at radius 3 is 2.68 bits per heavy atom. The smallest absolute Gasteiger partial charge is 0.193 e. The molecule has 9 heteroatoms. The van der Waals surface area contributed by atoms with Crippen molar-refractivity contribution in [2.75, 3.05) is 6.61 Å². The number of halogens is 3. The minimum absolute atomic E-state index is 0.0133. The summed E-state index contributed by atoms with van der Waals surface area (Å²) in [5.74, 6) is -3.29. The van der Waals surface area contributed by atoms with Crippen LogP contribution < -0.4 is 0 Å². The molecule has 7 unspecified atom stereocenters. The lowest BCUT2D eigenvalue weighted by Crippen LogP contribution is -2.70. The number of alkyl halides is 2. The fourth-order valence-corrected chi connectivity index (χ4v) is 8.37. The van der Waals surface area contributed by atoms with Gasteiger partial charge in [0, 0.05) is 22.3 Å². The van der Waals surface area contributed by atoms with Gasteiger partial charge in [0.05, 0.1) is 12.2 Å². The van der Waals surface area contributed by atoms with Gasteiger partial charge in [0.15, 0.2) is 29.1 Å². The first-order chi connectivity index (χ1) is 17.4. The highest BCUT2D eigenvalue weighted by molar-refractivity contribution is 6.01. The molecule has 0 amide bonds. The van der Waals surface area contributed by atoms with Crippen molar-refractivity contribution in [1.29, 1.82) is 0 Å². The number of ether oxygens (including phenoxy) is 2. The van der Waals surface area contributed by atoms with Crippen LogP contribution in [0.3, 0.4) is 0 Å². The second-order valence-electron chi connectivity index (χ2n) is 11.5. The summed E-state index contributed by atoms with van der Waals surface area (Å²) in [4.78, 5) is 25.4. The zero-order chi connectivity index (χ0) is 26.5. The summed E-state index contributed by atoms with van der Waals surface area (Å²) >= 11 is 0. The maximum Gasteiger partial charge on any atom is 0.193 e. The number of aliphatic hydroxyl groups excluding tert-OH is 2. The molecule has 1 aromatic rings. The van der Waals surface area contributed by atoms with Gasteiger partial charge >= 0.3 is 0 Å². The Hall–Kier alpha value is -2.33. The molecule has 0 aromatic heterocycles. The van der Waals surface area contributed by atoms with E-state index in [4.69, 9.17) is 9.47 Å². The minimum atomic E-state index is -2.31. The largest absolute Gasteiger partial charge is 0.390 e. The predicted octanol–water partition coefficient (Wildman–Crippen LogP) is 3.47. The van der Waals surface area contributed by atoms with Gasteiger partial charge in [-0.05, 0) is 62.0 Å². The number of hydrogen-bond donors (Lipinski definition) is 2. The Bertz CT molecular complexity index is 1250. The van der Waals surface area contributed by atoms with Crippen molar-refractivity contribution in [2.45, 2.75) is 69.0 Å². The molecule has 10 atom stereocenters. The van der Waals surface area contributed by atoms with Gasteiger partial charge in [-0.3, -0.25) is 9.59 Å². The van der Waals surface area contributed by atoms with Crippen LogP contribution in [0.25, 0.3) is 0 Å². The van der Waals surface area contributed by atoms with Crippen LogP contribution in [0.1, 0.15) is 45.0 Å². The average Bonchev–Trinajstić information content (AvgIpc) is 3.35. The SMILES string of the molecule is CC12CC(O)[C@@]3(F)C(C[C@H](F)C4=CC(=O)C=CC43C)C1C[C@H]1OC(c3cccc(F)c3)OC12C(=O)CO. The van der Waals surface area contributed by atoms with Crippen LogP contribution in [-0.2, 0) is 19.1 Å². The molecule has 1 heterocycles. The highest BCUT2D eigenvalue weighted by Crippen LogP contribution is 2.72. The van der Waals surface area contributed by atoms with Gasteiger partial charge in [0.1, 0.15) is 18.6 Å². The third-order valence-electron chi connectivity index (χ3n) is 10.0. The van der Waals surface area contributed by atoms with Gasteiger partial charge < -0.3 is 19.7 Å². The number of ketones is 2. The summed E-state index contributed by atoms with van der Waals surface area (Å²) in [7, 11) is 0. The lowest BCUT2D eigenvalue weighted by Gasteiger charge is -2.63. The van der Waals surface area contributed by atoms with E-state index in [0.29, 0.717) is 5.56 Å². The van der Waals surface area contributed by atoms with E-state index < -0.39 is 82.6 Å². The number of fused-ring (bicyclic) bond motifs is 7. The summed E-state index contributed by atoms with van der Waals surface area (Å²) < 4.78 is 59.3. The fraction of sp³-hybridized carbons (Fsp3) is 0.571. The first-order valence-corrected chi connectivity index (χ1v) is 12.6. The van der Waals surface area contributed by atoms with Crippen LogP contribution in [0.4, 0.5) is 13.2 Å². The molecule has 1 aliphatic heterocycles. The van der Waals surface area contributed by atoms with E-state index in [2.05, 4.69) is 0 Å². The molecule has 4 fully saturated rings. The monoisotopic (exact) mass is 518 g/mol. The quantitative estimate of drug-likeness (QED) is 0.637. The molecular weight excluding hydrogens is 489 g/mol. The standard InChI is InChI=1S/C28H29F3O6/c1-25-7-6-16(33)9-19(25)20(30)10-18-17-11-23-28(22(35)13-32,26(17,2)12-21(34)27(18,25)31)37-24(36-23)14-4-3-5-15(29)8-14/h3-9,17-18,20-21,23-24,32,34H,10-13H2,1-2H3/t17?,18?,20-,21?,23+,24?,25?,26?,27-,28?/m0/s1. The van der Waals surface area contributed by atoms with E-state index in [1.54, 1.807) is 13.0 Å². The molecule has 1 aromatic carbocycles. The van der Waals surface area contributed by atoms with Crippen LogP contribution in [-0.4, -0.2) is 58.0 Å². The zero-order valence-electron chi connectivity index (χ0n) is 20.5. The maximum atomic E-state index is 17.3. The Labute approximate surface area is 212 Å². The second kappa shape index (κ2) is 7.85. The number of carbonyl (C=O) groups excluding carboxylic acids is 2. The van der Waals surface area contributed by atoms with Gasteiger partial charge in [-0.15, -0.1) is 0 Å². The van der Waals surface area contributed by atoms with Crippen molar-refractivity contribution in [2.24, 2.45) is 22.7 Å². The third kappa shape index (κ3) is 2.91. The molecule has 0 spiro atoms. The summed E-state index contributed by atoms with van der Waals surface area (Å²) in [6.45, 7) is 2.33. The number of aliphatic hydroxyl groups is 2. The summed E-state index contributed by atoms with van der Waals surface area (Å²) in [6.07, 6.45) is -1.96. The van der Waals surface area contributed by atoms with Crippen molar-refractivity contribution in [1.82, 2.24) is 0 Å². The van der Waals surface area contributed by atoms with E-state index in [0.717, 1.165) is 6.08 Å². The summed E-state index contributed by atoms with van der Waals surface area (Å²) in [6, 6.07) is 5.56. The average molecular weight is 519 g/mol. The van der Waals surface area contributed by atoms with Gasteiger partial charge in [0.25, 0.3) is 0 Å². The van der Waals surface area contributed by atoms with Crippen LogP contribution in [0.15, 0.2) is 48.1 Å². The lowest BCUT2D eigenvalue weighted by molar-refractivity contribution is -0.235. The molecule has 0 radical (unpaired) electrons. The highest BCUT2D eigenvalue weighted by Gasteiger charge is 2.80. The van der Waals surface area contributed by atoms with E-state index in [1.807, 2.05) is 0 Å². The van der Waals surface area contributed by atoms with Crippen molar-refractivity contribution in [3.05, 3.63) is 59.4 Å². The molecule has 198 valence electrons. The Morgan fingerprint density at radius 1 is 1.22 bits per heavy atom. The van der Waals surface area contributed by atoms with E-state index >= 15 is 8.78 Å². The van der Waals surface area contributed by atoms with Gasteiger partial charge in [-0.2, -0.15) is 0 Å². The van der Waals surface area contributed by atoms with Gasteiger partial charge in [0.2, 0.25) is 0 Å². The molecule has 4 aliphatic carbocycles. The number of carbonyl (C=O) groups is 2. The van der Waals surface area contributed by atoms with Crippen LogP contribution in [0.5, 0.6) is 0 Å². The minimum Gasteiger partial charge on any atom is -0.390 e. The molecule has 3 saturated carbocycles. The molecule has 2 N–H and O–H groups in total. The molecule has 0 bridgehead atoms. The first kappa shape index (κ1) is 25.0. The van der Waals surface area contributed by atoms with Crippen molar-refractivity contribution >= 4 is 11.6 Å². The number of allylic oxidation sites excluding steroid dienone is 4. The van der Waals surface area contributed by atoms with Crippen molar-refractivity contribution in [3.63, 3.8) is 0 Å². The van der Waals surface area contributed by atoms with Crippen LogP contribution in [0.2, 0.25) is 0 Å². The predicted molar refractivity (Wildman–Crippen MR) is 124 cm³/mol. The van der Waals surface area contributed by atoms with E-state index in [9.17, 15) is 24.2 Å². The van der Waals surface area contributed by atoms with Crippen LogP contribution >= 0.6 is 0 Å². The van der Waals surface area contributed by atoms with E-state index in [1.165, 1.54) is 37.3 Å². The molecule has 6 nitrogen and oxygen atoms in total. The molecule has 1 saturated heterocycles. The zero-order valence-corrected chi connectivity index (χ0v) is 20.5. The molecule has 5 aliphatic rings. The van der Waals surface area contributed by atoms with Crippen molar-refractivity contribution in [3.8, 4) is 0 Å². The first-order valence-electron chi connectivity index (χ1n) is 12.6. The molecule has 6 rings (SSSR count). The number of Topliss-reactive ketones (excluding diaryl/α,β-unsaturated/α-hetero) is 1. The van der Waals surface area contributed by atoms with E-state index in [-0.39, 0.29) is 24.8 Å². The van der Waals surface area contributed by atoms with Crippen molar-refractivity contribution < 1.29 is 42.4 Å². The topological polar surface area (TPSA) is 93.1 Å². The Kier molecular flexibility index (Phi) is 5.30. The number of rotatable bonds is 3. The van der Waals surface area contributed by atoms with Gasteiger partial charge in [-0.25, -0.2) is 13.2 Å². The molecule has 37 heavy (non-hydrogen) atoms. The number of hydrogen-bond acceptors (Lipinski definition) is 6. The maximum absolute atomic E-state index is 17.3. The Balaban J connectivity index is 1.45. The highest BCUT2D eigenvalue weighted by atomic mass is 19.1. The second-order valence-corrected chi connectivity index (χ2v) is 11.5. The normalized spacial score (nSPS) is 48.1. The summed E-state index contributed by atoms with van der Waals surface area (Å²) in [5, 5.41) is 21.4. The van der Waals surface area contributed by atoms with Crippen LogP contribution in [0, 0.1) is 28.5 Å². The lowest BCUT2D eigenvalue weighted by atomic mass is 9.44. The summed E-state index contributed by atoms with van der Waals surface area (Å²) in [5.41, 5.74) is -6.47. The van der Waals surface area contributed by atoms with Gasteiger partial charge in [-0.1, -0.05) is 25.1 Å². The number of benzene rings is 1. The molecular formula is C28H29F3O6. The third-order valence-corrected chi connectivity index (χ3v) is 10.0. The Morgan fingerprint density at radius 2 is 1.97 bits per heavy atom.